The molecular weight excluding hydrogens is 454 g/mol. The predicted octanol–water partition coefficient (Wildman–Crippen LogP) is 7.02. The van der Waals surface area contributed by atoms with Gasteiger partial charge in [-0.15, -0.1) is 0 Å². The van der Waals surface area contributed by atoms with Crippen molar-refractivity contribution < 1.29 is 27.5 Å². The average Bonchev–Trinajstić information content (AvgIpc) is 3.07. The molecule has 162 valence electrons. The van der Waals surface area contributed by atoms with Gasteiger partial charge in [-0.1, -0.05) is 29.4 Å². The van der Waals surface area contributed by atoms with E-state index in [1.165, 1.54) is 24.3 Å². The van der Waals surface area contributed by atoms with Crippen LogP contribution in [0.2, 0.25) is 5.02 Å². The maximum Gasteiger partial charge on any atom is 0.417 e. The van der Waals surface area contributed by atoms with Gasteiger partial charge in [0.1, 0.15) is 5.82 Å². The van der Waals surface area contributed by atoms with E-state index in [1.807, 2.05) is 0 Å². The van der Waals surface area contributed by atoms with Crippen LogP contribution in [0.25, 0.3) is 5.69 Å². The van der Waals surface area contributed by atoms with E-state index in [0.717, 1.165) is 48.0 Å². The van der Waals surface area contributed by atoms with E-state index < -0.39 is 23.5 Å². The number of aromatic carboxylic acids is 1. The molecule has 9 heteroatoms. The number of hydrogen-bond donors (Lipinski definition) is 1. The Bertz CT molecular complexity index is 1170. The number of aromatic nitrogens is 1. The number of rotatable bonds is 4. The Labute approximate surface area is 184 Å². The summed E-state index contributed by atoms with van der Waals surface area (Å²) in [4.78, 5) is 11.6. The molecule has 1 N–H and O–H groups in total. The molecule has 3 aromatic rings. The van der Waals surface area contributed by atoms with Crippen molar-refractivity contribution in [2.75, 3.05) is 0 Å². The van der Waals surface area contributed by atoms with Crippen molar-refractivity contribution in [3.05, 3.63) is 75.8 Å². The highest BCUT2D eigenvalue weighted by molar-refractivity contribution is 7.99. The van der Waals surface area contributed by atoms with E-state index in [4.69, 9.17) is 16.7 Å². The third-order valence-corrected chi connectivity index (χ3v) is 6.85. The van der Waals surface area contributed by atoms with Crippen LogP contribution in [0.15, 0.2) is 52.4 Å². The summed E-state index contributed by atoms with van der Waals surface area (Å²) in [5.41, 5.74) is 0.842. The molecule has 0 fully saturated rings. The van der Waals surface area contributed by atoms with E-state index in [9.17, 15) is 22.4 Å². The fourth-order valence-corrected chi connectivity index (χ4v) is 5.25. The minimum absolute atomic E-state index is 0.00544. The lowest BCUT2D eigenvalue weighted by Crippen LogP contribution is -2.09. The number of carboxylic acid groups (broad SMARTS) is 1. The van der Waals surface area contributed by atoms with Crippen molar-refractivity contribution in [3.8, 4) is 5.69 Å². The maximum absolute atomic E-state index is 14.7. The van der Waals surface area contributed by atoms with Crippen LogP contribution in [-0.2, 0) is 19.0 Å². The first-order valence-electron chi connectivity index (χ1n) is 9.46. The second-order valence-corrected chi connectivity index (χ2v) is 8.64. The molecule has 2 aromatic carbocycles. The van der Waals surface area contributed by atoms with Gasteiger partial charge >= 0.3 is 12.1 Å². The van der Waals surface area contributed by atoms with Gasteiger partial charge in [-0.05, 0) is 61.6 Å². The quantitative estimate of drug-likeness (QED) is 0.417. The van der Waals surface area contributed by atoms with Crippen molar-refractivity contribution in [1.29, 1.82) is 0 Å². The summed E-state index contributed by atoms with van der Waals surface area (Å²) in [6.45, 7) is 0. The zero-order valence-electron chi connectivity index (χ0n) is 16.0. The standard InChI is InChI=1S/C22H16ClF4NO2S/c23-15-6-3-5-14(22(25,26)27)20(15)31-19-11-28(17-7-2-1-4-13(17)19)18-9-8-12(21(29)30)10-16(18)24/h3,5-6,8-11H,1-2,4,7H2,(H,29,30). The summed E-state index contributed by atoms with van der Waals surface area (Å²) in [6, 6.07) is 7.27. The van der Waals surface area contributed by atoms with Crippen molar-refractivity contribution in [3.63, 3.8) is 0 Å². The molecule has 3 nitrogen and oxygen atoms in total. The van der Waals surface area contributed by atoms with E-state index in [-0.39, 0.29) is 21.2 Å². The first-order chi connectivity index (χ1) is 14.7. The zero-order chi connectivity index (χ0) is 22.3. The average molecular weight is 470 g/mol. The molecule has 0 radical (unpaired) electrons. The van der Waals surface area contributed by atoms with Crippen molar-refractivity contribution >= 4 is 29.3 Å². The number of carbonyl (C=O) groups is 1. The topological polar surface area (TPSA) is 42.2 Å². The van der Waals surface area contributed by atoms with Gasteiger partial charge in [-0.25, -0.2) is 9.18 Å². The van der Waals surface area contributed by atoms with Crippen LogP contribution in [0.5, 0.6) is 0 Å². The summed E-state index contributed by atoms with van der Waals surface area (Å²) in [5, 5.41) is 9.06. The molecule has 0 spiro atoms. The third kappa shape index (κ3) is 4.19. The molecule has 31 heavy (non-hydrogen) atoms. The Morgan fingerprint density at radius 1 is 1.13 bits per heavy atom. The van der Waals surface area contributed by atoms with Gasteiger partial charge in [0.2, 0.25) is 0 Å². The highest BCUT2D eigenvalue weighted by Gasteiger charge is 2.35. The molecule has 4 rings (SSSR count). The first kappa shape index (κ1) is 21.8. The van der Waals surface area contributed by atoms with Gasteiger partial charge < -0.3 is 9.67 Å². The lowest BCUT2D eigenvalue weighted by molar-refractivity contribution is -0.139. The van der Waals surface area contributed by atoms with Crippen LogP contribution in [-0.4, -0.2) is 15.6 Å². The summed E-state index contributed by atoms with van der Waals surface area (Å²) >= 11 is 7.04. The number of nitrogens with zero attached hydrogens (tertiary/aromatic N) is 1. The van der Waals surface area contributed by atoms with E-state index in [1.54, 1.807) is 10.8 Å². The van der Waals surface area contributed by atoms with Crippen LogP contribution in [0.4, 0.5) is 17.6 Å². The van der Waals surface area contributed by atoms with Crippen LogP contribution in [0.3, 0.4) is 0 Å². The normalized spacial score (nSPS) is 13.8. The highest BCUT2D eigenvalue weighted by atomic mass is 35.5. The van der Waals surface area contributed by atoms with Gasteiger partial charge in [0.15, 0.2) is 0 Å². The van der Waals surface area contributed by atoms with Gasteiger partial charge in [0.05, 0.1) is 21.8 Å². The zero-order valence-corrected chi connectivity index (χ0v) is 17.5. The fourth-order valence-electron chi connectivity index (χ4n) is 3.78. The van der Waals surface area contributed by atoms with Gasteiger partial charge in [-0.2, -0.15) is 13.2 Å². The molecule has 0 saturated heterocycles. The lowest BCUT2D eigenvalue weighted by atomic mass is 9.98. The third-order valence-electron chi connectivity index (χ3n) is 5.21. The summed E-state index contributed by atoms with van der Waals surface area (Å²) in [5.74, 6) is -1.96. The summed E-state index contributed by atoms with van der Waals surface area (Å²) < 4.78 is 56.9. The first-order valence-corrected chi connectivity index (χ1v) is 10.7. The SMILES string of the molecule is O=C(O)c1ccc(-n2cc(Sc3c(Cl)cccc3C(F)(F)F)c3c2CCCC3)c(F)c1. The van der Waals surface area contributed by atoms with Crippen LogP contribution >= 0.6 is 23.4 Å². The predicted molar refractivity (Wildman–Crippen MR) is 110 cm³/mol. The molecule has 1 heterocycles. The second kappa shape index (κ2) is 8.24. The number of carboxylic acids is 1. The lowest BCUT2D eigenvalue weighted by Gasteiger charge is -2.17. The summed E-state index contributed by atoms with van der Waals surface area (Å²) in [6.07, 6.45) is 0.100. The monoisotopic (exact) mass is 469 g/mol. The van der Waals surface area contributed by atoms with Crippen molar-refractivity contribution in [2.45, 2.75) is 41.7 Å². The molecule has 0 unspecified atom stereocenters. The Kier molecular flexibility index (Phi) is 5.79. The Morgan fingerprint density at radius 2 is 1.87 bits per heavy atom. The van der Waals surface area contributed by atoms with Crippen molar-refractivity contribution in [2.24, 2.45) is 0 Å². The van der Waals surface area contributed by atoms with Crippen molar-refractivity contribution in [1.82, 2.24) is 4.57 Å². The minimum Gasteiger partial charge on any atom is -0.478 e. The Morgan fingerprint density at radius 3 is 2.55 bits per heavy atom. The van der Waals surface area contributed by atoms with Crippen LogP contribution in [0.1, 0.15) is 40.0 Å². The van der Waals surface area contributed by atoms with Gasteiger partial charge in [0.25, 0.3) is 0 Å². The van der Waals surface area contributed by atoms with Crippen LogP contribution < -0.4 is 0 Å². The molecule has 0 bridgehead atoms. The highest BCUT2D eigenvalue weighted by Crippen LogP contribution is 2.46. The molecular formula is C22H16ClF4NO2S. The largest absolute Gasteiger partial charge is 0.478 e. The number of benzene rings is 2. The number of fused-ring (bicyclic) bond motifs is 1. The van der Waals surface area contributed by atoms with E-state index in [0.29, 0.717) is 17.7 Å². The second-order valence-electron chi connectivity index (χ2n) is 7.18. The van der Waals surface area contributed by atoms with E-state index in [2.05, 4.69) is 0 Å². The molecule has 0 saturated carbocycles. The Balaban J connectivity index is 1.83. The van der Waals surface area contributed by atoms with Crippen LogP contribution in [0, 0.1) is 5.82 Å². The molecule has 0 aliphatic heterocycles. The molecule has 1 aliphatic carbocycles. The summed E-state index contributed by atoms with van der Waals surface area (Å²) in [7, 11) is 0. The molecule has 0 amide bonds. The minimum atomic E-state index is -4.56. The maximum atomic E-state index is 14.7. The number of halogens is 5. The molecule has 1 aromatic heterocycles. The molecule has 0 atom stereocenters. The number of alkyl halides is 3. The van der Waals surface area contributed by atoms with Gasteiger partial charge in [0, 0.05) is 21.7 Å². The fraction of sp³-hybridized carbons (Fsp3) is 0.227. The number of hydrogen-bond acceptors (Lipinski definition) is 2. The van der Waals surface area contributed by atoms with Gasteiger partial charge in [-0.3, -0.25) is 0 Å². The van der Waals surface area contributed by atoms with E-state index >= 15 is 0 Å². The smallest absolute Gasteiger partial charge is 0.417 e. The molecule has 1 aliphatic rings. The Hall–Kier alpha value is -2.45.